The van der Waals surface area contributed by atoms with Gasteiger partial charge in [-0.1, -0.05) is 30.3 Å². The number of nitrogens with zero attached hydrogens (tertiary/aromatic N) is 1. The molecule has 1 fully saturated rings. The second kappa shape index (κ2) is 7.26. The van der Waals surface area contributed by atoms with Gasteiger partial charge in [-0.2, -0.15) is 0 Å². The number of rotatable bonds is 5. The first-order valence-electron chi connectivity index (χ1n) is 7.49. The van der Waals surface area contributed by atoms with Crippen LogP contribution in [0.5, 0.6) is 0 Å². The van der Waals surface area contributed by atoms with Crippen molar-refractivity contribution in [1.29, 1.82) is 0 Å². The molecule has 0 unspecified atom stereocenters. The number of carbonyl (C=O) groups is 2. The number of hydrogen-bond acceptors (Lipinski definition) is 3. The zero-order chi connectivity index (χ0) is 16.1. The van der Waals surface area contributed by atoms with Gasteiger partial charge >= 0.3 is 6.09 Å². The summed E-state index contributed by atoms with van der Waals surface area (Å²) >= 11 is 0. The summed E-state index contributed by atoms with van der Waals surface area (Å²) in [5.41, 5.74) is 1.07. The number of aliphatic hydroxyl groups is 1. The largest absolute Gasteiger partial charge is 0.465 e. The number of nitrogens with one attached hydrogen (secondary N) is 1. The molecule has 3 N–H and O–H groups in total. The second-order valence-corrected chi connectivity index (χ2v) is 5.77. The van der Waals surface area contributed by atoms with E-state index in [2.05, 4.69) is 5.32 Å². The lowest BCUT2D eigenvalue weighted by Crippen LogP contribution is -2.43. The molecule has 2 rings (SSSR count). The summed E-state index contributed by atoms with van der Waals surface area (Å²) in [7, 11) is 0. The molecular formula is C16H22N2O4. The Labute approximate surface area is 129 Å². The maximum atomic E-state index is 12.0. The van der Waals surface area contributed by atoms with Crippen LogP contribution in [-0.4, -0.2) is 51.8 Å². The molecule has 6 nitrogen and oxygen atoms in total. The van der Waals surface area contributed by atoms with Crippen molar-refractivity contribution < 1.29 is 19.8 Å². The Kier molecular flexibility index (Phi) is 5.38. The van der Waals surface area contributed by atoms with Crippen LogP contribution in [0.1, 0.15) is 25.3 Å². The summed E-state index contributed by atoms with van der Waals surface area (Å²) in [5.74, 6) is -0.430. The average Bonchev–Trinajstić information content (AvgIpc) is 2.86. The van der Waals surface area contributed by atoms with Crippen LogP contribution in [0, 0.1) is 0 Å². The predicted molar refractivity (Wildman–Crippen MR) is 81.5 cm³/mol. The van der Waals surface area contributed by atoms with Gasteiger partial charge in [-0.3, -0.25) is 4.79 Å². The summed E-state index contributed by atoms with van der Waals surface area (Å²) in [6.07, 6.45) is -0.509. The van der Waals surface area contributed by atoms with Crippen molar-refractivity contribution in [2.24, 2.45) is 0 Å². The topological polar surface area (TPSA) is 89.9 Å². The fraction of sp³-hybridized carbons (Fsp3) is 0.500. The number of carboxylic acid groups (broad SMARTS) is 1. The zero-order valence-corrected chi connectivity index (χ0v) is 12.6. The molecule has 2 amide bonds. The van der Waals surface area contributed by atoms with Crippen LogP contribution >= 0.6 is 0 Å². The van der Waals surface area contributed by atoms with E-state index in [1.54, 1.807) is 0 Å². The van der Waals surface area contributed by atoms with Gasteiger partial charge in [-0.25, -0.2) is 4.79 Å². The third-order valence-corrected chi connectivity index (χ3v) is 4.02. The summed E-state index contributed by atoms with van der Waals surface area (Å²) in [6, 6.07) is 9.31. The van der Waals surface area contributed by atoms with E-state index in [9.17, 15) is 14.7 Å². The molecule has 0 radical (unpaired) electrons. The second-order valence-electron chi connectivity index (χ2n) is 5.77. The molecule has 1 aliphatic rings. The molecule has 0 aliphatic carbocycles. The van der Waals surface area contributed by atoms with Crippen molar-refractivity contribution in [2.45, 2.75) is 44.4 Å². The first-order valence-corrected chi connectivity index (χ1v) is 7.49. The molecule has 22 heavy (non-hydrogen) atoms. The lowest BCUT2D eigenvalue weighted by molar-refractivity contribution is -0.130. The highest BCUT2D eigenvalue weighted by Gasteiger charge is 2.33. The summed E-state index contributed by atoms with van der Waals surface area (Å²) < 4.78 is 0. The minimum atomic E-state index is -1.07. The Morgan fingerprint density at radius 1 is 1.36 bits per heavy atom. The fourth-order valence-corrected chi connectivity index (χ4v) is 2.78. The number of aryl methyl sites for hydroxylation is 1. The van der Waals surface area contributed by atoms with Crippen LogP contribution < -0.4 is 5.32 Å². The van der Waals surface area contributed by atoms with Crippen LogP contribution in [0.3, 0.4) is 0 Å². The van der Waals surface area contributed by atoms with Gasteiger partial charge in [0.1, 0.15) is 6.10 Å². The number of aliphatic hydroxyl groups excluding tert-OH is 1. The van der Waals surface area contributed by atoms with Gasteiger partial charge in [0, 0.05) is 18.6 Å². The molecule has 0 aromatic heterocycles. The van der Waals surface area contributed by atoms with Crippen LogP contribution in [-0.2, 0) is 11.2 Å². The molecule has 3 atom stereocenters. The maximum Gasteiger partial charge on any atom is 0.407 e. The van der Waals surface area contributed by atoms with E-state index in [4.69, 9.17) is 5.11 Å². The lowest BCUT2D eigenvalue weighted by Gasteiger charge is -2.17. The Morgan fingerprint density at radius 3 is 2.64 bits per heavy atom. The highest BCUT2D eigenvalue weighted by atomic mass is 16.4. The predicted octanol–water partition coefficient (Wildman–Crippen LogP) is 1.24. The molecule has 1 saturated heterocycles. The average molecular weight is 306 g/mol. The molecule has 1 heterocycles. The van der Waals surface area contributed by atoms with E-state index in [1.165, 1.54) is 4.90 Å². The van der Waals surface area contributed by atoms with Crippen molar-refractivity contribution in [2.75, 3.05) is 6.54 Å². The number of amides is 2. The normalized spacial score (nSPS) is 22.4. The van der Waals surface area contributed by atoms with Crippen molar-refractivity contribution in [1.82, 2.24) is 10.2 Å². The molecular weight excluding hydrogens is 284 g/mol. The zero-order valence-electron chi connectivity index (χ0n) is 12.6. The third-order valence-electron chi connectivity index (χ3n) is 4.02. The van der Waals surface area contributed by atoms with E-state index >= 15 is 0 Å². The van der Waals surface area contributed by atoms with E-state index in [0.29, 0.717) is 19.3 Å². The van der Waals surface area contributed by atoms with Crippen molar-refractivity contribution >= 4 is 12.0 Å². The third kappa shape index (κ3) is 4.21. The van der Waals surface area contributed by atoms with E-state index in [-0.39, 0.29) is 18.6 Å². The summed E-state index contributed by atoms with van der Waals surface area (Å²) in [4.78, 5) is 24.3. The molecule has 1 aromatic carbocycles. The SMILES string of the molecule is C[C@@H]1C[C@@H](NC(=O)[C@H](O)CCc2ccccc2)CN1C(=O)O. The fourth-order valence-electron chi connectivity index (χ4n) is 2.78. The Bertz CT molecular complexity index is 520. The number of hydrogen-bond donors (Lipinski definition) is 3. The van der Waals surface area contributed by atoms with Crippen molar-refractivity contribution in [3.63, 3.8) is 0 Å². The van der Waals surface area contributed by atoms with Crippen LogP contribution in [0.2, 0.25) is 0 Å². The Morgan fingerprint density at radius 2 is 2.05 bits per heavy atom. The Hall–Kier alpha value is -2.08. The lowest BCUT2D eigenvalue weighted by atomic mass is 10.1. The molecule has 1 aliphatic heterocycles. The van der Waals surface area contributed by atoms with Gasteiger partial charge in [-0.15, -0.1) is 0 Å². The van der Waals surface area contributed by atoms with E-state index in [1.807, 2.05) is 37.3 Å². The number of likely N-dealkylation sites (tertiary alicyclic amines) is 1. The van der Waals surface area contributed by atoms with Crippen LogP contribution in [0.15, 0.2) is 30.3 Å². The van der Waals surface area contributed by atoms with Crippen molar-refractivity contribution in [3.05, 3.63) is 35.9 Å². The standard InChI is InChI=1S/C16H22N2O4/c1-11-9-13(10-18(11)16(21)22)17-15(20)14(19)8-7-12-5-3-2-4-6-12/h2-6,11,13-14,19H,7-10H2,1H3,(H,17,20)(H,21,22)/t11-,13-,14-/m1/s1. The van der Waals surface area contributed by atoms with Gasteiger partial charge in [0.2, 0.25) is 5.91 Å². The number of carbonyl (C=O) groups excluding carboxylic acids is 1. The maximum absolute atomic E-state index is 12.0. The van der Waals surface area contributed by atoms with Gasteiger partial charge in [-0.05, 0) is 31.7 Å². The molecule has 0 saturated carbocycles. The first kappa shape index (κ1) is 16.3. The minimum absolute atomic E-state index is 0.121. The molecule has 6 heteroatoms. The van der Waals surface area contributed by atoms with Crippen LogP contribution in [0.25, 0.3) is 0 Å². The van der Waals surface area contributed by atoms with Gasteiger partial charge < -0.3 is 20.4 Å². The van der Waals surface area contributed by atoms with Gasteiger partial charge in [0.05, 0.1) is 0 Å². The van der Waals surface area contributed by atoms with Crippen LogP contribution in [0.4, 0.5) is 4.79 Å². The Balaban J connectivity index is 1.78. The smallest absolute Gasteiger partial charge is 0.407 e. The molecule has 0 bridgehead atoms. The van der Waals surface area contributed by atoms with Gasteiger partial charge in [0.25, 0.3) is 0 Å². The summed E-state index contributed by atoms with van der Waals surface area (Å²) in [6.45, 7) is 2.08. The number of benzene rings is 1. The first-order chi connectivity index (χ1) is 10.5. The quantitative estimate of drug-likeness (QED) is 0.763. The van der Waals surface area contributed by atoms with E-state index in [0.717, 1.165) is 5.56 Å². The van der Waals surface area contributed by atoms with Gasteiger partial charge in [0.15, 0.2) is 0 Å². The van der Waals surface area contributed by atoms with Crippen molar-refractivity contribution in [3.8, 4) is 0 Å². The molecule has 0 spiro atoms. The monoisotopic (exact) mass is 306 g/mol. The molecule has 120 valence electrons. The van der Waals surface area contributed by atoms with E-state index < -0.39 is 18.1 Å². The molecule has 1 aromatic rings. The highest BCUT2D eigenvalue weighted by Crippen LogP contribution is 2.17. The minimum Gasteiger partial charge on any atom is -0.465 e. The highest BCUT2D eigenvalue weighted by molar-refractivity contribution is 5.81. The summed E-state index contributed by atoms with van der Waals surface area (Å²) in [5, 5.41) is 21.7.